The quantitative estimate of drug-likeness (QED) is 0.206. The molecule has 3 unspecified atom stereocenters. The van der Waals surface area contributed by atoms with Crippen molar-refractivity contribution in [2.75, 3.05) is 7.05 Å². The Morgan fingerprint density at radius 3 is 2.42 bits per heavy atom. The first-order valence-electron chi connectivity index (χ1n) is 11.0. The fourth-order valence-corrected chi connectivity index (χ4v) is 4.56. The lowest BCUT2D eigenvalue weighted by Gasteiger charge is -2.29. The molecule has 0 radical (unpaired) electrons. The molecule has 1 aromatic heterocycles. The zero-order valence-electron chi connectivity index (χ0n) is 19.4. The van der Waals surface area contributed by atoms with E-state index < -0.39 is 21.4 Å². The minimum Gasteiger partial charge on any atom is -0.434 e. The fraction of sp³-hybridized carbons (Fsp3) is 0.280. The van der Waals surface area contributed by atoms with Crippen LogP contribution in [0.3, 0.4) is 0 Å². The topological polar surface area (TPSA) is 59.1 Å². The van der Waals surface area contributed by atoms with E-state index in [-0.39, 0.29) is 28.3 Å². The maximum Gasteiger partial charge on any atom is 0.387 e. The molecule has 0 aliphatic heterocycles. The van der Waals surface area contributed by atoms with Gasteiger partial charge in [0.05, 0.1) is 24.1 Å². The van der Waals surface area contributed by atoms with Crippen LogP contribution in [0.25, 0.3) is 0 Å². The number of likely N-dealkylation sites (N-methyl/N-ethyl adjacent to an activating group) is 1. The zero-order chi connectivity index (χ0) is 26.1. The van der Waals surface area contributed by atoms with E-state index in [4.69, 9.17) is 11.6 Å². The molecule has 0 saturated carbocycles. The summed E-state index contributed by atoms with van der Waals surface area (Å²) >= 11 is 5.84. The maximum absolute atomic E-state index is 13.3. The Bertz CT molecular complexity index is 1120. The van der Waals surface area contributed by atoms with E-state index >= 15 is 0 Å². The Morgan fingerprint density at radius 1 is 1.06 bits per heavy atom. The molecule has 3 atom stereocenters. The molecule has 36 heavy (non-hydrogen) atoms. The number of aryl methyl sites for hydroxylation is 1. The highest BCUT2D eigenvalue weighted by Crippen LogP contribution is 2.32. The van der Waals surface area contributed by atoms with Crippen LogP contribution in [0.5, 0.6) is 5.75 Å². The van der Waals surface area contributed by atoms with Crippen molar-refractivity contribution in [2.45, 2.75) is 37.7 Å². The second-order valence-corrected chi connectivity index (χ2v) is 9.44. The molecule has 0 aliphatic rings. The summed E-state index contributed by atoms with van der Waals surface area (Å²) in [5.41, 5.74) is 2.99. The number of benzene rings is 2. The third-order valence-corrected chi connectivity index (χ3v) is 6.54. The molecule has 3 aromatic rings. The van der Waals surface area contributed by atoms with Gasteiger partial charge in [-0.1, -0.05) is 54.6 Å². The van der Waals surface area contributed by atoms with Crippen LogP contribution in [0.4, 0.5) is 17.6 Å². The van der Waals surface area contributed by atoms with Crippen molar-refractivity contribution < 1.29 is 22.3 Å². The Kier molecular flexibility index (Phi) is 10.5. The van der Waals surface area contributed by atoms with E-state index in [0.717, 1.165) is 5.56 Å². The smallest absolute Gasteiger partial charge is 0.387 e. The van der Waals surface area contributed by atoms with Crippen LogP contribution in [0.1, 0.15) is 35.3 Å². The van der Waals surface area contributed by atoms with E-state index in [0.29, 0.717) is 29.8 Å². The summed E-state index contributed by atoms with van der Waals surface area (Å²) in [5.74, 6) is -0.256. The molecule has 3 rings (SSSR count). The number of hydrogen-bond acceptors (Lipinski definition) is 5. The first-order chi connectivity index (χ1) is 17.3. The van der Waals surface area contributed by atoms with Crippen molar-refractivity contribution >= 4 is 25.5 Å². The number of aromatic nitrogens is 2. The van der Waals surface area contributed by atoms with E-state index in [2.05, 4.69) is 31.9 Å². The molecule has 0 amide bonds. The number of rotatable bonds is 13. The van der Waals surface area contributed by atoms with Gasteiger partial charge in [-0.05, 0) is 44.7 Å². The van der Waals surface area contributed by atoms with Gasteiger partial charge in [-0.2, -0.15) is 8.78 Å². The largest absolute Gasteiger partial charge is 0.434 e. The first kappa shape index (κ1) is 27.8. The summed E-state index contributed by atoms with van der Waals surface area (Å²) in [6, 6.07) is 13.3. The van der Waals surface area contributed by atoms with E-state index in [9.17, 15) is 17.6 Å². The van der Waals surface area contributed by atoms with Crippen LogP contribution in [0.2, 0.25) is 5.15 Å². The Morgan fingerprint density at radius 2 is 1.81 bits per heavy atom. The lowest BCUT2D eigenvalue weighted by atomic mass is 9.96. The monoisotopic (exact) mass is 540 g/mol. The van der Waals surface area contributed by atoms with Crippen LogP contribution in [0, 0.1) is 0 Å². The number of nitrogens with one attached hydrogen (secondary N) is 2. The minimum absolute atomic E-state index is 0.0320. The van der Waals surface area contributed by atoms with Gasteiger partial charge in [0.2, 0.25) is 0 Å². The number of halogens is 5. The first-order valence-corrected chi connectivity index (χ1v) is 12.5. The second kappa shape index (κ2) is 13.5. The number of hydrogen-bond donors (Lipinski definition) is 2. The van der Waals surface area contributed by atoms with Crippen LogP contribution in [-0.2, 0) is 6.42 Å². The van der Waals surface area contributed by atoms with Crippen LogP contribution < -0.4 is 20.7 Å². The summed E-state index contributed by atoms with van der Waals surface area (Å²) in [6.45, 7) is 1.00. The van der Waals surface area contributed by atoms with Gasteiger partial charge in [0, 0.05) is 24.1 Å². The zero-order valence-corrected chi connectivity index (χ0v) is 21.2. The lowest BCUT2D eigenvalue weighted by Crippen LogP contribution is -2.32. The summed E-state index contributed by atoms with van der Waals surface area (Å²) < 4.78 is 56.7. The predicted octanol–water partition coefficient (Wildman–Crippen LogP) is 6.00. The van der Waals surface area contributed by atoms with Gasteiger partial charge >= 0.3 is 6.61 Å². The normalized spacial score (nSPS) is 13.3. The Hall–Kier alpha value is -2.74. The molecular weight excluding hydrogens is 515 g/mol. The minimum atomic E-state index is -3.11. The van der Waals surface area contributed by atoms with Crippen molar-refractivity contribution in [2.24, 2.45) is 0 Å². The summed E-state index contributed by atoms with van der Waals surface area (Å²) in [7, 11) is 0.760. The van der Waals surface area contributed by atoms with Gasteiger partial charge in [-0.3, -0.25) is 10.3 Å². The molecule has 0 fully saturated rings. The summed E-state index contributed by atoms with van der Waals surface area (Å²) in [4.78, 5) is 8.34. The summed E-state index contributed by atoms with van der Waals surface area (Å²) in [5, 5.41) is 6.93. The van der Waals surface area contributed by atoms with Gasteiger partial charge in [0.15, 0.2) is 0 Å². The third-order valence-electron chi connectivity index (χ3n) is 5.42. The SMILES string of the molecule is C=C(NC)C(NC(CCc1cnc(Cl)cn1)c1ccc(OC(F)F)c(PC(F)F)c1)c1ccccc1. The predicted molar refractivity (Wildman–Crippen MR) is 136 cm³/mol. The van der Waals surface area contributed by atoms with Crippen molar-refractivity contribution in [3.63, 3.8) is 0 Å². The molecule has 0 saturated heterocycles. The Balaban J connectivity index is 1.97. The van der Waals surface area contributed by atoms with Crippen LogP contribution in [0.15, 0.2) is 73.2 Å². The molecule has 0 bridgehead atoms. The van der Waals surface area contributed by atoms with Gasteiger partial charge in [0.25, 0.3) is 6.17 Å². The van der Waals surface area contributed by atoms with Gasteiger partial charge < -0.3 is 10.1 Å². The number of alkyl halides is 4. The van der Waals surface area contributed by atoms with Gasteiger partial charge in [-0.15, -0.1) is 0 Å². The molecule has 1 heterocycles. The fourth-order valence-electron chi connectivity index (χ4n) is 3.69. The van der Waals surface area contributed by atoms with E-state index in [1.54, 1.807) is 19.3 Å². The molecule has 2 N–H and O–H groups in total. The molecule has 0 aliphatic carbocycles. The number of nitrogens with zero attached hydrogens (tertiary/aromatic N) is 2. The van der Waals surface area contributed by atoms with E-state index in [1.807, 2.05) is 30.3 Å². The molecule has 5 nitrogen and oxygen atoms in total. The van der Waals surface area contributed by atoms with Crippen LogP contribution >= 0.6 is 20.2 Å². The van der Waals surface area contributed by atoms with Crippen molar-refractivity contribution in [3.05, 3.63) is 95.2 Å². The highest BCUT2D eigenvalue weighted by atomic mass is 35.5. The second-order valence-electron chi connectivity index (χ2n) is 7.79. The standard InChI is InChI=1S/C25H26ClF4N4OP/c1-15(31-2)23(16-6-4-3-5-7-16)34-19(10-9-18-13-33-22(26)14-32-18)17-8-11-20(35-24(27)28)21(12-17)36-25(29)30/h3-8,11-14,19,23-25,31,34,36H,1,9-10H2,2H3. The third kappa shape index (κ3) is 8.15. The van der Waals surface area contributed by atoms with Gasteiger partial charge in [0.1, 0.15) is 10.9 Å². The average Bonchev–Trinajstić information content (AvgIpc) is 2.86. The van der Waals surface area contributed by atoms with Crippen molar-refractivity contribution in [1.29, 1.82) is 0 Å². The highest BCUT2D eigenvalue weighted by molar-refractivity contribution is 7.47. The molecule has 0 spiro atoms. The molecule has 11 heteroatoms. The molecule has 192 valence electrons. The van der Waals surface area contributed by atoms with Crippen molar-refractivity contribution in [3.8, 4) is 5.75 Å². The molecular formula is C25H26ClF4N4OP. The van der Waals surface area contributed by atoms with Crippen LogP contribution in [-0.4, -0.2) is 29.8 Å². The number of ether oxygens (including phenoxy) is 1. The van der Waals surface area contributed by atoms with Crippen molar-refractivity contribution in [1.82, 2.24) is 20.6 Å². The lowest BCUT2D eigenvalue weighted by molar-refractivity contribution is -0.0491. The Labute approximate surface area is 214 Å². The average molecular weight is 541 g/mol. The summed E-state index contributed by atoms with van der Waals surface area (Å²) in [6.07, 6.45) is 1.33. The maximum atomic E-state index is 13.3. The van der Waals surface area contributed by atoms with E-state index in [1.165, 1.54) is 18.3 Å². The highest BCUT2D eigenvalue weighted by Gasteiger charge is 2.23. The van der Waals surface area contributed by atoms with Gasteiger partial charge in [-0.25, -0.2) is 13.8 Å². The molecule has 2 aromatic carbocycles.